The number of piperidine rings is 1. The molecule has 41 heavy (non-hydrogen) atoms. The summed E-state index contributed by atoms with van der Waals surface area (Å²) in [7, 11) is 5.90. The lowest BCUT2D eigenvalue weighted by Gasteiger charge is -2.44. The number of carboxylic acids is 2. The van der Waals surface area contributed by atoms with Gasteiger partial charge in [-0.2, -0.15) is 26.3 Å². The summed E-state index contributed by atoms with van der Waals surface area (Å²) >= 11 is 0. The monoisotopic (exact) mass is 598 g/mol. The van der Waals surface area contributed by atoms with Gasteiger partial charge in [-0.25, -0.2) is 9.59 Å². The number of carbonyl (C=O) groups excluding carboxylic acids is 2. The molecule has 0 aromatic carbocycles. The Balaban J connectivity index is 0.000000349. The van der Waals surface area contributed by atoms with Crippen molar-refractivity contribution in [2.45, 2.75) is 38.0 Å². The van der Waals surface area contributed by atoms with Crippen LogP contribution in [0.25, 0.3) is 0 Å². The highest BCUT2D eigenvalue weighted by Gasteiger charge is 2.64. The minimum Gasteiger partial charge on any atom is -0.475 e. The lowest BCUT2D eigenvalue weighted by atomic mass is 9.65. The van der Waals surface area contributed by atoms with E-state index in [9.17, 15) is 35.9 Å². The molecule has 2 saturated heterocycles. The summed E-state index contributed by atoms with van der Waals surface area (Å²) in [4.78, 5) is 53.9. The number of likely N-dealkylation sites (tertiary alicyclic amines) is 2. The predicted octanol–water partition coefficient (Wildman–Crippen LogP) is 3.00. The Kier molecular flexibility index (Phi) is 10.4. The number of amides is 2. The second kappa shape index (κ2) is 12.6. The van der Waals surface area contributed by atoms with E-state index in [2.05, 4.69) is 16.9 Å². The van der Waals surface area contributed by atoms with E-state index in [-0.39, 0.29) is 16.7 Å². The molecule has 4 rings (SSSR count). The molecule has 3 heterocycles. The third-order valence-electron chi connectivity index (χ3n) is 7.77. The van der Waals surface area contributed by atoms with Crippen LogP contribution in [-0.2, 0) is 14.4 Å². The Bertz CT molecular complexity index is 1080. The summed E-state index contributed by atoms with van der Waals surface area (Å²) in [5.74, 6) is -4.79. The summed E-state index contributed by atoms with van der Waals surface area (Å²) in [6.07, 6.45) is -4.42. The molecule has 1 aromatic heterocycles. The van der Waals surface area contributed by atoms with Gasteiger partial charge < -0.3 is 24.9 Å². The minimum atomic E-state index is -5.08. The summed E-state index contributed by atoms with van der Waals surface area (Å²) in [5.41, 5.74) is 0.487. The number of fused-ring (bicyclic) bond motifs is 2. The number of hydrogen-bond acceptors (Lipinski definition) is 6. The standard InChI is InChI=1S/C21H30N4O2.2C2HF3O2/c1-23(2)19(27)21-8-7-20(17(21)14-24(3)15-21)9-12-25(13-10-20)18(26)16-6-4-5-11-22-16;2*3-2(4,5)1(6)7/h4-6,11,17H,7-10,12-15H2,1-3H3;2*(H,6,7)/t17-,21+;;/m0../s1. The minimum absolute atomic E-state index is 0.0302. The predicted molar refractivity (Wildman–Crippen MR) is 131 cm³/mol. The van der Waals surface area contributed by atoms with E-state index in [1.54, 1.807) is 17.2 Å². The van der Waals surface area contributed by atoms with Gasteiger partial charge in [-0.05, 0) is 56.2 Å². The van der Waals surface area contributed by atoms with Crippen LogP contribution in [0, 0.1) is 16.7 Å². The number of pyridine rings is 1. The summed E-state index contributed by atoms with van der Waals surface area (Å²) in [6, 6.07) is 5.48. The van der Waals surface area contributed by atoms with Crippen molar-refractivity contribution in [1.29, 1.82) is 0 Å². The van der Waals surface area contributed by atoms with Crippen molar-refractivity contribution in [2.24, 2.45) is 16.7 Å². The van der Waals surface area contributed by atoms with Crippen LogP contribution in [0.1, 0.15) is 36.2 Å². The first kappa shape index (κ1) is 33.8. The van der Waals surface area contributed by atoms with Crippen molar-refractivity contribution in [3.63, 3.8) is 0 Å². The second-order valence-corrected chi connectivity index (χ2v) is 10.6. The van der Waals surface area contributed by atoms with E-state index in [4.69, 9.17) is 19.8 Å². The molecular formula is C25H32F6N4O6. The highest BCUT2D eigenvalue weighted by Crippen LogP contribution is 2.62. The number of nitrogens with zero attached hydrogens (tertiary/aromatic N) is 4. The zero-order valence-electron chi connectivity index (χ0n) is 22.6. The summed E-state index contributed by atoms with van der Waals surface area (Å²) in [6.45, 7) is 3.39. The molecular weight excluding hydrogens is 566 g/mol. The Morgan fingerprint density at radius 2 is 1.44 bits per heavy atom. The van der Waals surface area contributed by atoms with E-state index in [0.29, 0.717) is 17.5 Å². The molecule has 10 nitrogen and oxygen atoms in total. The molecule has 1 spiro atoms. The molecule has 1 aromatic rings. The van der Waals surface area contributed by atoms with Gasteiger partial charge in [-0.1, -0.05) is 6.07 Å². The first-order valence-electron chi connectivity index (χ1n) is 12.5. The van der Waals surface area contributed by atoms with Crippen LogP contribution in [0.4, 0.5) is 26.3 Å². The Hall–Kier alpha value is -3.43. The van der Waals surface area contributed by atoms with Crippen LogP contribution in [-0.4, -0.2) is 113 Å². The summed E-state index contributed by atoms with van der Waals surface area (Å²) in [5, 5.41) is 14.2. The average molecular weight is 599 g/mol. The van der Waals surface area contributed by atoms with E-state index in [0.717, 1.165) is 51.9 Å². The van der Waals surface area contributed by atoms with E-state index in [1.165, 1.54) is 0 Å². The third-order valence-corrected chi connectivity index (χ3v) is 7.77. The maximum Gasteiger partial charge on any atom is 0.490 e. The number of rotatable bonds is 2. The van der Waals surface area contributed by atoms with Crippen LogP contribution < -0.4 is 0 Å². The molecule has 2 amide bonds. The molecule has 230 valence electrons. The second-order valence-electron chi connectivity index (χ2n) is 10.6. The number of carbonyl (C=O) groups is 4. The van der Waals surface area contributed by atoms with Crippen molar-refractivity contribution >= 4 is 23.8 Å². The maximum absolute atomic E-state index is 13.1. The first-order valence-corrected chi connectivity index (χ1v) is 12.5. The van der Waals surface area contributed by atoms with Gasteiger partial charge in [0.15, 0.2) is 0 Å². The van der Waals surface area contributed by atoms with E-state index < -0.39 is 24.3 Å². The lowest BCUT2D eigenvalue weighted by molar-refractivity contribution is -0.193. The van der Waals surface area contributed by atoms with Crippen molar-refractivity contribution < 1.29 is 55.7 Å². The molecule has 2 aliphatic heterocycles. The molecule has 16 heteroatoms. The zero-order valence-corrected chi connectivity index (χ0v) is 22.6. The number of carboxylic acid groups (broad SMARTS) is 2. The molecule has 2 N–H and O–H groups in total. The van der Waals surface area contributed by atoms with Crippen LogP contribution in [0.5, 0.6) is 0 Å². The van der Waals surface area contributed by atoms with Gasteiger partial charge in [-0.15, -0.1) is 0 Å². The Morgan fingerprint density at radius 3 is 1.85 bits per heavy atom. The third kappa shape index (κ3) is 7.86. The number of hydrogen-bond donors (Lipinski definition) is 2. The fourth-order valence-electron chi connectivity index (χ4n) is 6.00. The molecule has 3 fully saturated rings. The van der Waals surface area contributed by atoms with E-state index in [1.807, 2.05) is 31.1 Å². The van der Waals surface area contributed by atoms with Gasteiger partial charge in [0.25, 0.3) is 5.91 Å². The van der Waals surface area contributed by atoms with E-state index >= 15 is 0 Å². The normalized spacial score (nSPS) is 23.4. The van der Waals surface area contributed by atoms with Gasteiger partial charge >= 0.3 is 24.3 Å². The number of aromatic nitrogens is 1. The van der Waals surface area contributed by atoms with Gasteiger partial charge in [0.1, 0.15) is 5.69 Å². The van der Waals surface area contributed by atoms with Crippen molar-refractivity contribution in [2.75, 3.05) is 47.3 Å². The van der Waals surface area contributed by atoms with Gasteiger partial charge in [-0.3, -0.25) is 14.6 Å². The molecule has 0 bridgehead atoms. The zero-order chi connectivity index (χ0) is 31.4. The maximum atomic E-state index is 13.1. The molecule has 0 radical (unpaired) electrons. The number of aliphatic carboxylic acids is 2. The SMILES string of the molecule is CN1C[C@H]2C3(CCN(C(=O)c4ccccn4)CC3)CC[C@@]2(C(=O)N(C)C)C1.O=C(O)C(F)(F)F.O=C(O)C(F)(F)F. The quantitative estimate of drug-likeness (QED) is 0.497. The van der Waals surface area contributed by atoms with Crippen LogP contribution in [0.2, 0.25) is 0 Å². The molecule has 3 aliphatic rings. The molecule has 2 atom stereocenters. The molecule has 1 aliphatic carbocycles. The van der Waals surface area contributed by atoms with Gasteiger partial charge in [0.05, 0.1) is 5.41 Å². The molecule has 0 unspecified atom stereocenters. The largest absolute Gasteiger partial charge is 0.490 e. The lowest BCUT2D eigenvalue weighted by Crippen LogP contribution is -2.49. The van der Waals surface area contributed by atoms with Crippen molar-refractivity contribution in [3.05, 3.63) is 30.1 Å². The number of alkyl halides is 6. The average Bonchev–Trinajstić information content (AvgIpc) is 3.38. The fraction of sp³-hybridized carbons (Fsp3) is 0.640. The highest BCUT2D eigenvalue weighted by molar-refractivity contribution is 5.92. The Morgan fingerprint density at radius 1 is 0.927 bits per heavy atom. The van der Waals surface area contributed by atoms with Gasteiger partial charge in [0.2, 0.25) is 5.91 Å². The summed E-state index contributed by atoms with van der Waals surface area (Å²) < 4.78 is 63.5. The van der Waals surface area contributed by atoms with Crippen LogP contribution in [0.3, 0.4) is 0 Å². The van der Waals surface area contributed by atoms with Crippen molar-refractivity contribution in [1.82, 2.24) is 19.7 Å². The fourth-order valence-corrected chi connectivity index (χ4v) is 6.00. The van der Waals surface area contributed by atoms with Crippen LogP contribution in [0.15, 0.2) is 24.4 Å². The van der Waals surface area contributed by atoms with Crippen LogP contribution >= 0.6 is 0 Å². The smallest absolute Gasteiger partial charge is 0.475 e. The highest BCUT2D eigenvalue weighted by atomic mass is 19.4. The Labute approximate surface area is 231 Å². The van der Waals surface area contributed by atoms with Crippen molar-refractivity contribution in [3.8, 4) is 0 Å². The first-order chi connectivity index (χ1) is 18.8. The topological polar surface area (TPSA) is 131 Å². The number of halogens is 6. The van der Waals surface area contributed by atoms with Gasteiger partial charge in [0, 0.05) is 46.5 Å². The molecule has 1 saturated carbocycles.